The highest BCUT2D eigenvalue weighted by atomic mass is 32.2. The van der Waals surface area contributed by atoms with Crippen molar-refractivity contribution in [1.82, 2.24) is 0 Å². The zero-order valence-corrected chi connectivity index (χ0v) is 35.7. The van der Waals surface area contributed by atoms with Crippen LogP contribution in [0.3, 0.4) is 0 Å². The average molecular weight is 829 g/mol. The van der Waals surface area contributed by atoms with Crippen molar-refractivity contribution in [2.24, 2.45) is 0 Å². The van der Waals surface area contributed by atoms with Gasteiger partial charge in [-0.2, -0.15) is 8.42 Å². The summed E-state index contributed by atoms with van der Waals surface area (Å²) in [7, 11) is -4.61. The lowest BCUT2D eigenvalue weighted by Crippen LogP contribution is -2.60. The molecule has 0 aromatic heterocycles. The predicted molar refractivity (Wildman–Crippen MR) is 224 cm³/mol. The van der Waals surface area contributed by atoms with Gasteiger partial charge in [0.2, 0.25) is 0 Å². The molecule has 13 heteroatoms. The summed E-state index contributed by atoms with van der Waals surface area (Å²) in [5.74, 6) is -2.05. The van der Waals surface area contributed by atoms with Gasteiger partial charge >= 0.3 is 11.9 Å². The van der Waals surface area contributed by atoms with Crippen LogP contribution in [0, 0.1) is 0 Å². The normalized spacial score (nSPS) is 21.0. The van der Waals surface area contributed by atoms with Crippen molar-refractivity contribution in [2.45, 2.75) is 198 Å². The van der Waals surface area contributed by atoms with E-state index in [4.69, 9.17) is 18.9 Å². The second-order valence-electron chi connectivity index (χ2n) is 15.0. The second kappa shape index (κ2) is 34.5. The third-order valence-corrected chi connectivity index (χ3v) is 10.4. The Bertz CT molecular complexity index is 1250. The molecule has 330 valence electrons. The summed E-state index contributed by atoms with van der Waals surface area (Å²) in [4.78, 5) is 25.3. The Morgan fingerprint density at radius 1 is 0.596 bits per heavy atom. The molecule has 1 fully saturated rings. The highest BCUT2D eigenvalue weighted by molar-refractivity contribution is 7.85. The van der Waals surface area contributed by atoms with Gasteiger partial charge in [0.15, 0.2) is 12.4 Å². The van der Waals surface area contributed by atoms with E-state index in [1.165, 1.54) is 51.4 Å². The lowest BCUT2D eigenvalue weighted by molar-refractivity contribution is -0.297. The van der Waals surface area contributed by atoms with Crippen molar-refractivity contribution in [1.29, 1.82) is 0 Å². The SMILES string of the molecule is CCCC/C=C/C/C=C/CCCCCCCC(=O)OC[C@H](CO[C@H]1O[C@H](CS(=O)(=O)O)[C@@H](O)C(O)C1O)OC(=O)CCCC/C=C/C/C=C/CCCCCCCC. The molecular weight excluding hydrogens is 753 g/mol. The van der Waals surface area contributed by atoms with Crippen LogP contribution in [0.25, 0.3) is 0 Å². The van der Waals surface area contributed by atoms with Crippen molar-refractivity contribution >= 4 is 22.1 Å². The summed E-state index contributed by atoms with van der Waals surface area (Å²) < 4.78 is 53.9. The largest absolute Gasteiger partial charge is 0.462 e. The molecule has 1 saturated heterocycles. The van der Waals surface area contributed by atoms with E-state index in [1.54, 1.807) is 0 Å². The first-order valence-corrected chi connectivity index (χ1v) is 23.3. The van der Waals surface area contributed by atoms with Gasteiger partial charge in [0.05, 0.1) is 6.61 Å². The van der Waals surface area contributed by atoms with E-state index in [1.807, 2.05) is 0 Å². The Morgan fingerprint density at radius 3 is 1.63 bits per heavy atom. The first-order valence-electron chi connectivity index (χ1n) is 21.7. The van der Waals surface area contributed by atoms with Gasteiger partial charge in [0.25, 0.3) is 10.1 Å². The molecule has 1 aliphatic rings. The number of esters is 2. The molecule has 0 radical (unpaired) electrons. The van der Waals surface area contributed by atoms with Gasteiger partial charge in [-0.15, -0.1) is 0 Å². The first kappa shape index (κ1) is 52.6. The van der Waals surface area contributed by atoms with E-state index in [2.05, 4.69) is 62.5 Å². The molecule has 0 spiro atoms. The predicted octanol–water partition coefficient (Wildman–Crippen LogP) is 8.39. The van der Waals surface area contributed by atoms with Crippen LogP contribution < -0.4 is 0 Å². The molecule has 6 atom stereocenters. The Kier molecular flexibility index (Phi) is 31.8. The van der Waals surface area contributed by atoms with Crippen molar-refractivity contribution in [2.75, 3.05) is 19.0 Å². The molecule has 0 aromatic rings. The van der Waals surface area contributed by atoms with Crippen LogP contribution in [-0.4, -0.2) is 96.0 Å². The number of carbonyl (C=O) groups is 2. The monoisotopic (exact) mass is 829 g/mol. The van der Waals surface area contributed by atoms with Crippen LogP contribution in [0.1, 0.15) is 162 Å². The van der Waals surface area contributed by atoms with E-state index in [0.29, 0.717) is 12.8 Å². The summed E-state index contributed by atoms with van der Waals surface area (Å²) in [5.41, 5.74) is 0. The van der Waals surface area contributed by atoms with E-state index in [0.717, 1.165) is 70.6 Å². The van der Waals surface area contributed by atoms with E-state index >= 15 is 0 Å². The Morgan fingerprint density at radius 2 is 1.07 bits per heavy atom. The lowest BCUT2D eigenvalue weighted by Gasteiger charge is -2.40. The maximum absolute atomic E-state index is 12.8. The zero-order valence-electron chi connectivity index (χ0n) is 34.9. The third-order valence-electron chi connectivity index (χ3n) is 9.63. The minimum Gasteiger partial charge on any atom is -0.462 e. The highest BCUT2D eigenvalue weighted by Crippen LogP contribution is 2.24. The van der Waals surface area contributed by atoms with Gasteiger partial charge in [-0.3, -0.25) is 14.1 Å². The molecule has 0 aliphatic carbocycles. The smallest absolute Gasteiger partial charge is 0.306 e. The van der Waals surface area contributed by atoms with Gasteiger partial charge in [-0.25, -0.2) is 0 Å². The minimum absolute atomic E-state index is 0.117. The number of aliphatic hydroxyl groups excluding tert-OH is 3. The topological polar surface area (TPSA) is 186 Å². The summed E-state index contributed by atoms with van der Waals surface area (Å²) in [5, 5.41) is 30.8. The molecule has 1 rings (SSSR count). The number of aliphatic hydroxyl groups is 3. The Balaban J connectivity index is 2.51. The second-order valence-corrected chi connectivity index (χ2v) is 16.5. The van der Waals surface area contributed by atoms with Crippen LogP contribution in [0.4, 0.5) is 0 Å². The summed E-state index contributed by atoms with van der Waals surface area (Å²) in [6.07, 6.45) is 30.2. The molecule has 1 aliphatic heterocycles. The quantitative estimate of drug-likeness (QED) is 0.0207. The Labute approximate surface area is 343 Å². The molecule has 0 saturated carbocycles. The van der Waals surface area contributed by atoms with Crippen LogP contribution >= 0.6 is 0 Å². The summed E-state index contributed by atoms with van der Waals surface area (Å²) in [6.45, 7) is 3.65. The van der Waals surface area contributed by atoms with E-state index in [9.17, 15) is 37.9 Å². The van der Waals surface area contributed by atoms with E-state index in [-0.39, 0.29) is 19.4 Å². The van der Waals surface area contributed by atoms with Crippen molar-refractivity contribution in [3.63, 3.8) is 0 Å². The Hall–Kier alpha value is -2.39. The van der Waals surface area contributed by atoms with Gasteiger partial charge in [-0.1, -0.05) is 127 Å². The number of unbranched alkanes of at least 4 members (excludes halogenated alkanes) is 15. The van der Waals surface area contributed by atoms with Crippen LogP contribution in [0.5, 0.6) is 0 Å². The maximum atomic E-state index is 12.8. The van der Waals surface area contributed by atoms with Crippen LogP contribution in [0.15, 0.2) is 48.6 Å². The van der Waals surface area contributed by atoms with Gasteiger partial charge in [-0.05, 0) is 70.6 Å². The van der Waals surface area contributed by atoms with Crippen molar-refractivity contribution in [3.8, 4) is 0 Å². The zero-order chi connectivity index (χ0) is 42.0. The molecular formula is C44H76O12S. The summed E-state index contributed by atoms with van der Waals surface area (Å²) >= 11 is 0. The molecule has 2 unspecified atom stereocenters. The third kappa shape index (κ3) is 29.5. The first-order chi connectivity index (χ1) is 27.5. The number of hydrogen-bond acceptors (Lipinski definition) is 11. The molecule has 4 N–H and O–H groups in total. The lowest BCUT2D eigenvalue weighted by atomic mass is 10.00. The number of ether oxygens (including phenoxy) is 4. The fraction of sp³-hybridized carbons (Fsp3) is 0.773. The van der Waals surface area contributed by atoms with Gasteiger partial charge < -0.3 is 34.3 Å². The van der Waals surface area contributed by atoms with E-state index < -0.39 is 71.2 Å². The minimum atomic E-state index is -4.61. The molecule has 57 heavy (non-hydrogen) atoms. The number of allylic oxidation sites excluding steroid dienone is 8. The fourth-order valence-electron chi connectivity index (χ4n) is 6.19. The van der Waals surface area contributed by atoms with Crippen molar-refractivity contribution in [3.05, 3.63) is 48.6 Å². The number of hydrogen-bond donors (Lipinski definition) is 4. The molecule has 1 heterocycles. The molecule has 0 bridgehead atoms. The van der Waals surface area contributed by atoms with Crippen LogP contribution in [0.2, 0.25) is 0 Å². The standard InChI is InChI=1S/C44H76O12S/c1-3-5-7-9-11-13-15-17-19-21-23-25-27-29-31-33-40(46)55-37(35-54-44-43(49)42(48)41(47)38(56-44)36-57(50,51)52)34-53-39(45)32-30-28-26-24-22-20-18-16-14-12-10-8-6-4-2/h10,12,16-19,23,25,37-38,41-44,47-49H,3-9,11,13-15,20-22,24,26-36H2,1-2H3,(H,50,51,52)/b12-10+,18-16+,19-17+,25-23+/t37-,38-,41-,42?,43?,44+/m1/s1. The average Bonchev–Trinajstić information content (AvgIpc) is 3.17. The maximum Gasteiger partial charge on any atom is 0.306 e. The molecule has 0 aromatic carbocycles. The molecule has 12 nitrogen and oxygen atoms in total. The summed E-state index contributed by atoms with van der Waals surface area (Å²) in [6, 6.07) is 0. The van der Waals surface area contributed by atoms with Crippen molar-refractivity contribution < 1.29 is 56.8 Å². The van der Waals surface area contributed by atoms with Gasteiger partial charge in [0.1, 0.15) is 36.8 Å². The highest BCUT2D eigenvalue weighted by Gasteiger charge is 2.46. The number of rotatable bonds is 35. The van der Waals surface area contributed by atoms with Gasteiger partial charge in [0, 0.05) is 12.8 Å². The number of carbonyl (C=O) groups excluding carboxylic acids is 2. The van der Waals surface area contributed by atoms with Crippen LogP contribution in [-0.2, 0) is 38.7 Å². The fourth-order valence-corrected chi connectivity index (χ4v) is 6.88. The molecule has 0 amide bonds.